The van der Waals surface area contributed by atoms with E-state index in [1.807, 2.05) is 0 Å². The first-order valence-electron chi connectivity index (χ1n) is 8.33. The Morgan fingerprint density at radius 1 is 1.30 bits per heavy atom. The van der Waals surface area contributed by atoms with Crippen molar-refractivity contribution in [3.8, 4) is 16.3 Å². The summed E-state index contributed by atoms with van der Waals surface area (Å²) in [5.41, 5.74) is -0.501. The molecule has 0 saturated heterocycles. The number of thiazole rings is 1. The van der Waals surface area contributed by atoms with E-state index in [0.717, 1.165) is 23.8 Å². The number of carboxylic acids is 1. The third-order valence-corrected chi connectivity index (χ3v) is 5.24. The minimum Gasteiger partial charge on any atom is -0.560 e. The zero-order chi connectivity index (χ0) is 22.1. The highest BCUT2D eigenvalue weighted by Crippen LogP contribution is 2.39. The highest BCUT2D eigenvalue weighted by molar-refractivity contribution is 7.17. The number of halogens is 3. The van der Waals surface area contributed by atoms with E-state index in [0.29, 0.717) is 10.9 Å². The van der Waals surface area contributed by atoms with Gasteiger partial charge in [-0.2, -0.15) is 13.2 Å². The average Bonchev–Trinajstić information content (AvgIpc) is 3.15. The van der Waals surface area contributed by atoms with Gasteiger partial charge >= 0.3 is 20.2 Å². The number of aromatic nitrogens is 2. The Kier molecular flexibility index (Phi) is 5.97. The van der Waals surface area contributed by atoms with Crippen molar-refractivity contribution >= 4 is 42.7 Å². The molecule has 0 bridgehead atoms. The maximum Gasteiger partial charge on any atom is 0.433 e. The molecule has 0 spiro atoms. The summed E-state index contributed by atoms with van der Waals surface area (Å²) in [6, 6.07) is 4.47. The first-order chi connectivity index (χ1) is 14.2. The van der Waals surface area contributed by atoms with Gasteiger partial charge in [0.15, 0.2) is 6.40 Å². The lowest BCUT2D eigenvalue weighted by Gasteiger charge is -2.11. The summed E-state index contributed by atoms with van der Waals surface area (Å²) in [6.45, 7) is 1.60. The Labute approximate surface area is 173 Å². The number of carboxylic acid groups (broad SMARTS) is 1. The number of hydrogen-bond acceptors (Lipinski definition) is 7. The standard InChI is InChI=1S/C18H13BF3N3O4S/c1-8(23-7-29-19)13-15(17(26)27)30-16(25-13)10-3-5-11(28-2)14-9(10)4-6-12(24-14)18(20,21)22/h3-8H,1-2H3,(H,26,27). The Balaban J connectivity index is 2.22. The fourth-order valence-corrected chi connectivity index (χ4v) is 3.82. The van der Waals surface area contributed by atoms with Crippen molar-refractivity contribution in [2.24, 2.45) is 4.99 Å². The monoisotopic (exact) mass is 435 g/mol. The van der Waals surface area contributed by atoms with Crippen molar-refractivity contribution in [1.29, 1.82) is 0 Å². The number of ether oxygens (including phenoxy) is 1. The second kappa shape index (κ2) is 8.30. The lowest BCUT2D eigenvalue weighted by Crippen LogP contribution is -2.08. The van der Waals surface area contributed by atoms with Gasteiger partial charge in [0.2, 0.25) is 0 Å². The molecule has 12 heteroatoms. The van der Waals surface area contributed by atoms with Gasteiger partial charge in [-0.25, -0.2) is 14.8 Å². The quantitative estimate of drug-likeness (QED) is 0.353. The van der Waals surface area contributed by atoms with Crippen molar-refractivity contribution in [3.05, 3.63) is 40.5 Å². The zero-order valence-electron chi connectivity index (χ0n) is 15.6. The maximum atomic E-state index is 13.1. The molecule has 0 aliphatic carbocycles. The highest BCUT2D eigenvalue weighted by Gasteiger charge is 2.33. The first-order valence-corrected chi connectivity index (χ1v) is 9.15. The van der Waals surface area contributed by atoms with Gasteiger partial charge in [-0.05, 0) is 31.2 Å². The van der Waals surface area contributed by atoms with E-state index in [4.69, 9.17) is 12.8 Å². The van der Waals surface area contributed by atoms with Gasteiger partial charge in [0, 0.05) is 10.9 Å². The summed E-state index contributed by atoms with van der Waals surface area (Å²) >= 11 is 0.873. The Morgan fingerprint density at radius 3 is 2.63 bits per heavy atom. The molecule has 0 fully saturated rings. The summed E-state index contributed by atoms with van der Waals surface area (Å²) in [4.78, 5) is 23.6. The summed E-state index contributed by atoms with van der Waals surface area (Å²) in [7, 11) is 6.22. The predicted octanol–water partition coefficient (Wildman–Crippen LogP) is 4.27. The second-order valence-corrected chi connectivity index (χ2v) is 7.01. The normalized spacial score (nSPS) is 13.0. The van der Waals surface area contributed by atoms with Crippen LogP contribution in [0.4, 0.5) is 13.2 Å². The van der Waals surface area contributed by atoms with E-state index >= 15 is 0 Å². The first kappa shape index (κ1) is 21.6. The van der Waals surface area contributed by atoms with Crippen LogP contribution in [0.1, 0.15) is 34.0 Å². The number of hydrogen-bond donors (Lipinski definition) is 1. The third kappa shape index (κ3) is 4.08. The van der Waals surface area contributed by atoms with Crippen LogP contribution < -0.4 is 4.74 Å². The van der Waals surface area contributed by atoms with Gasteiger partial charge in [-0.3, -0.25) is 4.99 Å². The van der Waals surface area contributed by atoms with Gasteiger partial charge < -0.3 is 14.5 Å². The van der Waals surface area contributed by atoms with Crippen LogP contribution in [0.15, 0.2) is 29.3 Å². The second-order valence-electron chi connectivity index (χ2n) is 6.01. The topological polar surface area (TPSA) is 93.9 Å². The Bertz CT molecular complexity index is 1130. The van der Waals surface area contributed by atoms with Crippen LogP contribution >= 0.6 is 11.3 Å². The number of rotatable bonds is 6. The Hall–Kier alpha value is -3.15. The molecule has 1 unspecified atom stereocenters. The molecular formula is C18H13BF3N3O4S. The van der Waals surface area contributed by atoms with E-state index in [2.05, 4.69) is 19.6 Å². The molecule has 1 aromatic carbocycles. The zero-order valence-corrected chi connectivity index (χ0v) is 16.4. The van der Waals surface area contributed by atoms with Crippen molar-refractivity contribution in [1.82, 2.24) is 9.97 Å². The van der Waals surface area contributed by atoms with E-state index in [1.54, 1.807) is 13.0 Å². The molecule has 1 atom stereocenters. The molecule has 0 aliphatic heterocycles. The van der Waals surface area contributed by atoms with Crippen LogP contribution in [0.25, 0.3) is 21.5 Å². The molecule has 0 amide bonds. The van der Waals surface area contributed by atoms with Gasteiger partial charge in [0.25, 0.3) is 0 Å². The largest absolute Gasteiger partial charge is 0.560 e. The van der Waals surface area contributed by atoms with Crippen molar-refractivity contribution in [2.75, 3.05) is 7.11 Å². The van der Waals surface area contributed by atoms with Crippen molar-refractivity contribution in [3.63, 3.8) is 0 Å². The summed E-state index contributed by atoms with van der Waals surface area (Å²) in [5, 5.41) is 10.1. The molecule has 7 nitrogen and oxygen atoms in total. The molecule has 30 heavy (non-hydrogen) atoms. The van der Waals surface area contributed by atoms with Gasteiger partial charge in [-0.1, -0.05) is 0 Å². The number of aromatic carboxylic acids is 1. The predicted molar refractivity (Wildman–Crippen MR) is 105 cm³/mol. The fourth-order valence-electron chi connectivity index (χ4n) is 2.78. The van der Waals surface area contributed by atoms with Crippen LogP contribution in [0.3, 0.4) is 0 Å². The molecule has 3 rings (SSSR count). The highest BCUT2D eigenvalue weighted by atomic mass is 32.1. The minimum atomic E-state index is -4.63. The number of pyridine rings is 1. The Morgan fingerprint density at radius 2 is 2.03 bits per heavy atom. The fraction of sp³-hybridized carbons (Fsp3) is 0.222. The van der Waals surface area contributed by atoms with Crippen LogP contribution in [0, 0.1) is 0 Å². The van der Waals surface area contributed by atoms with Crippen LogP contribution in [-0.4, -0.2) is 42.6 Å². The van der Waals surface area contributed by atoms with Crippen LogP contribution in [0.2, 0.25) is 0 Å². The summed E-state index contributed by atoms with van der Waals surface area (Å²) in [5.74, 6) is -1.06. The van der Waals surface area contributed by atoms with E-state index < -0.39 is 23.9 Å². The van der Waals surface area contributed by atoms with E-state index in [9.17, 15) is 23.1 Å². The number of aliphatic imine (C=N–C) groups is 1. The lowest BCUT2D eigenvalue weighted by atomic mass is 10.1. The van der Waals surface area contributed by atoms with Crippen LogP contribution in [-0.2, 0) is 10.8 Å². The number of alkyl halides is 3. The number of methoxy groups -OCH3 is 1. The summed E-state index contributed by atoms with van der Waals surface area (Å²) < 4.78 is 48.7. The SMILES string of the molecule is [B]OC=NC(C)c1nc(-c2ccc(OC)c3nc(C(F)(F)F)ccc23)sc1C(=O)O. The molecule has 0 aliphatic rings. The molecule has 154 valence electrons. The number of nitrogens with zero attached hydrogens (tertiary/aromatic N) is 3. The lowest BCUT2D eigenvalue weighted by molar-refractivity contribution is -0.140. The van der Waals surface area contributed by atoms with Gasteiger partial charge in [0.05, 0.1) is 18.8 Å². The molecule has 2 heterocycles. The summed E-state index contributed by atoms with van der Waals surface area (Å²) in [6.07, 6.45) is -3.67. The average molecular weight is 435 g/mol. The molecule has 3 aromatic rings. The maximum absolute atomic E-state index is 13.1. The number of benzene rings is 1. The molecular weight excluding hydrogens is 422 g/mol. The smallest absolute Gasteiger partial charge is 0.433 e. The molecule has 2 radical (unpaired) electrons. The number of fused-ring (bicyclic) bond motifs is 1. The molecule has 1 N–H and O–H groups in total. The molecule has 0 saturated carbocycles. The van der Waals surface area contributed by atoms with E-state index in [-0.39, 0.29) is 26.8 Å². The van der Waals surface area contributed by atoms with Gasteiger partial charge in [-0.15, -0.1) is 11.3 Å². The number of carbonyl (C=O) groups is 1. The third-order valence-electron chi connectivity index (χ3n) is 4.15. The minimum absolute atomic E-state index is 0.0129. The van der Waals surface area contributed by atoms with E-state index in [1.165, 1.54) is 19.2 Å². The van der Waals surface area contributed by atoms with Gasteiger partial charge in [0.1, 0.15) is 26.8 Å². The molecule has 2 aromatic heterocycles. The van der Waals surface area contributed by atoms with Crippen molar-refractivity contribution < 1.29 is 32.5 Å². The van der Waals surface area contributed by atoms with Crippen LogP contribution in [0.5, 0.6) is 5.75 Å². The van der Waals surface area contributed by atoms with Crippen molar-refractivity contribution in [2.45, 2.75) is 19.1 Å².